The van der Waals surface area contributed by atoms with Crippen molar-refractivity contribution >= 4 is 5.91 Å². The molecule has 1 amide bonds. The van der Waals surface area contributed by atoms with E-state index in [4.69, 9.17) is 14.2 Å². The molecule has 1 rings (SSSR count). The van der Waals surface area contributed by atoms with E-state index in [1.54, 1.807) is 14.2 Å². The number of carbonyl (C=O) groups excluding carboxylic acids is 1. The minimum Gasteiger partial charge on any atom is -0.496 e. The topological polar surface area (TPSA) is 56.8 Å². The predicted octanol–water partition coefficient (Wildman–Crippen LogP) is 1.15. The fourth-order valence-electron chi connectivity index (χ4n) is 1.64. The molecule has 1 aromatic rings. The van der Waals surface area contributed by atoms with Crippen LogP contribution in [0.15, 0.2) is 24.3 Å². The number of amides is 1. The van der Waals surface area contributed by atoms with Gasteiger partial charge in [-0.1, -0.05) is 18.2 Å². The Bertz CT molecular complexity index is 381. The summed E-state index contributed by atoms with van der Waals surface area (Å²) in [5.41, 5.74) is 0.903. The number of hydrogen-bond donors (Lipinski definition) is 1. The summed E-state index contributed by atoms with van der Waals surface area (Å²) in [6.07, 6.45) is -0.248. The van der Waals surface area contributed by atoms with E-state index in [2.05, 4.69) is 5.32 Å². The van der Waals surface area contributed by atoms with Crippen LogP contribution in [-0.2, 0) is 14.3 Å². The van der Waals surface area contributed by atoms with Crippen LogP contribution in [0.4, 0.5) is 0 Å². The number of carbonyl (C=O) groups is 1. The SMILES string of the molecule is COCC(=O)NC[C@H](OC)c1ccccc1OC. The standard InChI is InChI=1S/C13H19NO4/c1-16-9-13(15)14-8-12(18-3)10-6-4-5-7-11(10)17-2/h4-7,12H,8-9H2,1-3H3,(H,14,15)/t12-/m0/s1. The Kier molecular flexibility index (Phi) is 6.18. The third-order valence-corrected chi connectivity index (χ3v) is 2.53. The van der Waals surface area contributed by atoms with Crippen molar-refractivity contribution < 1.29 is 19.0 Å². The second-order valence-corrected chi connectivity index (χ2v) is 3.70. The van der Waals surface area contributed by atoms with Crippen molar-refractivity contribution in [1.29, 1.82) is 0 Å². The van der Waals surface area contributed by atoms with E-state index < -0.39 is 0 Å². The van der Waals surface area contributed by atoms with E-state index in [1.165, 1.54) is 7.11 Å². The van der Waals surface area contributed by atoms with Crippen molar-refractivity contribution in [3.8, 4) is 5.75 Å². The molecule has 1 atom stereocenters. The van der Waals surface area contributed by atoms with Gasteiger partial charge >= 0.3 is 0 Å². The summed E-state index contributed by atoms with van der Waals surface area (Å²) in [5, 5.41) is 2.74. The summed E-state index contributed by atoms with van der Waals surface area (Å²) < 4.78 is 15.4. The van der Waals surface area contributed by atoms with Crippen LogP contribution in [0.5, 0.6) is 5.75 Å². The summed E-state index contributed by atoms with van der Waals surface area (Å²) in [6.45, 7) is 0.418. The first-order valence-electron chi connectivity index (χ1n) is 5.64. The lowest BCUT2D eigenvalue weighted by molar-refractivity contribution is -0.125. The van der Waals surface area contributed by atoms with Gasteiger partial charge in [0, 0.05) is 26.3 Å². The lowest BCUT2D eigenvalue weighted by atomic mass is 10.1. The van der Waals surface area contributed by atoms with Crippen LogP contribution in [0.1, 0.15) is 11.7 Å². The summed E-state index contributed by atoms with van der Waals surface area (Å²) >= 11 is 0. The molecule has 0 fully saturated rings. The molecule has 0 radical (unpaired) electrons. The van der Waals surface area contributed by atoms with Gasteiger partial charge in [0.1, 0.15) is 18.5 Å². The molecule has 0 spiro atoms. The van der Waals surface area contributed by atoms with Gasteiger partial charge in [-0.3, -0.25) is 4.79 Å². The van der Waals surface area contributed by atoms with Crippen LogP contribution in [-0.4, -0.2) is 40.4 Å². The Hall–Kier alpha value is -1.59. The fraction of sp³-hybridized carbons (Fsp3) is 0.462. The van der Waals surface area contributed by atoms with Crippen LogP contribution in [0.25, 0.3) is 0 Å². The highest BCUT2D eigenvalue weighted by atomic mass is 16.5. The average Bonchev–Trinajstić information content (AvgIpc) is 2.40. The summed E-state index contributed by atoms with van der Waals surface area (Å²) in [4.78, 5) is 11.3. The number of methoxy groups -OCH3 is 3. The lowest BCUT2D eigenvalue weighted by Crippen LogP contribution is -2.31. The highest BCUT2D eigenvalue weighted by Gasteiger charge is 2.15. The maximum atomic E-state index is 11.3. The normalized spacial score (nSPS) is 11.9. The molecule has 0 saturated carbocycles. The molecule has 0 bridgehead atoms. The molecule has 5 heteroatoms. The second kappa shape index (κ2) is 7.68. The molecule has 0 aromatic heterocycles. The summed E-state index contributed by atoms with van der Waals surface area (Å²) in [5.74, 6) is 0.569. The van der Waals surface area contributed by atoms with E-state index in [0.717, 1.165) is 11.3 Å². The minimum absolute atomic E-state index is 0.0440. The molecule has 0 aliphatic rings. The molecule has 0 heterocycles. The molecular weight excluding hydrogens is 234 g/mol. The lowest BCUT2D eigenvalue weighted by Gasteiger charge is -2.18. The number of hydrogen-bond acceptors (Lipinski definition) is 4. The van der Waals surface area contributed by atoms with Gasteiger partial charge in [-0.25, -0.2) is 0 Å². The van der Waals surface area contributed by atoms with Gasteiger partial charge in [-0.2, -0.15) is 0 Å². The van der Waals surface area contributed by atoms with E-state index in [-0.39, 0.29) is 18.6 Å². The molecule has 1 aromatic carbocycles. The molecular formula is C13H19NO4. The molecule has 18 heavy (non-hydrogen) atoms. The van der Waals surface area contributed by atoms with Crippen LogP contribution in [0.2, 0.25) is 0 Å². The molecule has 1 N–H and O–H groups in total. The molecule has 0 aliphatic carbocycles. The van der Waals surface area contributed by atoms with Gasteiger partial charge in [0.05, 0.1) is 7.11 Å². The van der Waals surface area contributed by atoms with Crippen molar-refractivity contribution in [3.63, 3.8) is 0 Å². The van der Waals surface area contributed by atoms with Gasteiger partial charge in [0.2, 0.25) is 5.91 Å². The fourth-order valence-corrected chi connectivity index (χ4v) is 1.64. The first-order valence-corrected chi connectivity index (χ1v) is 5.64. The van der Waals surface area contributed by atoms with Crippen LogP contribution in [0, 0.1) is 0 Å². The zero-order valence-corrected chi connectivity index (χ0v) is 10.9. The average molecular weight is 253 g/mol. The van der Waals surface area contributed by atoms with E-state index in [0.29, 0.717) is 6.54 Å². The molecule has 100 valence electrons. The number of para-hydroxylation sites is 1. The van der Waals surface area contributed by atoms with Gasteiger partial charge in [-0.15, -0.1) is 0 Å². The van der Waals surface area contributed by atoms with Crippen LogP contribution < -0.4 is 10.1 Å². The van der Waals surface area contributed by atoms with Crippen LogP contribution >= 0.6 is 0 Å². The number of benzene rings is 1. The Morgan fingerprint density at radius 2 is 2.00 bits per heavy atom. The van der Waals surface area contributed by atoms with Crippen LogP contribution in [0.3, 0.4) is 0 Å². The van der Waals surface area contributed by atoms with Crippen molar-refractivity contribution in [2.45, 2.75) is 6.10 Å². The van der Waals surface area contributed by atoms with E-state index in [9.17, 15) is 4.79 Å². The predicted molar refractivity (Wildman–Crippen MR) is 67.6 cm³/mol. The Labute approximate surface area is 107 Å². The van der Waals surface area contributed by atoms with Crippen molar-refractivity contribution in [2.75, 3.05) is 34.5 Å². The largest absolute Gasteiger partial charge is 0.496 e. The molecule has 0 aliphatic heterocycles. The maximum Gasteiger partial charge on any atom is 0.246 e. The van der Waals surface area contributed by atoms with Gasteiger partial charge < -0.3 is 19.5 Å². The van der Waals surface area contributed by atoms with E-state index in [1.807, 2.05) is 24.3 Å². The highest BCUT2D eigenvalue weighted by molar-refractivity contribution is 5.77. The summed E-state index contributed by atoms with van der Waals surface area (Å²) in [6, 6.07) is 7.56. The van der Waals surface area contributed by atoms with Gasteiger partial charge in [-0.05, 0) is 6.07 Å². The number of ether oxygens (including phenoxy) is 3. The summed E-state index contributed by atoms with van der Waals surface area (Å²) in [7, 11) is 4.68. The number of rotatable bonds is 7. The Morgan fingerprint density at radius 3 is 2.61 bits per heavy atom. The first-order chi connectivity index (χ1) is 8.72. The van der Waals surface area contributed by atoms with Crippen molar-refractivity contribution in [2.24, 2.45) is 0 Å². The molecule has 0 unspecified atom stereocenters. The Balaban J connectivity index is 2.68. The van der Waals surface area contributed by atoms with Gasteiger partial charge in [0.25, 0.3) is 0 Å². The second-order valence-electron chi connectivity index (χ2n) is 3.70. The first kappa shape index (κ1) is 14.5. The zero-order valence-electron chi connectivity index (χ0n) is 10.9. The van der Waals surface area contributed by atoms with Gasteiger partial charge in [0.15, 0.2) is 0 Å². The van der Waals surface area contributed by atoms with Crippen molar-refractivity contribution in [3.05, 3.63) is 29.8 Å². The highest BCUT2D eigenvalue weighted by Crippen LogP contribution is 2.26. The Morgan fingerprint density at radius 1 is 1.28 bits per heavy atom. The zero-order chi connectivity index (χ0) is 13.4. The number of nitrogens with one attached hydrogen (secondary N) is 1. The third kappa shape index (κ3) is 4.01. The third-order valence-electron chi connectivity index (χ3n) is 2.53. The minimum atomic E-state index is -0.248. The van der Waals surface area contributed by atoms with E-state index >= 15 is 0 Å². The quantitative estimate of drug-likeness (QED) is 0.792. The molecule has 0 saturated heterocycles. The monoisotopic (exact) mass is 253 g/mol. The molecule has 5 nitrogen and oxygen atoms in total. The van der Waals surface area contributed by atoms with Crippen molar-refractivity contribution in [1.82, 2.24) is 5.32 Å². The maximum absolute atomic E-state index is 11.3. The smallest absolute Gasteiger partial charge is 0.246 e.